The smallest absolute Gasteiger partial charge is 0.314 e. The molecule has 0 unspecified atom stereocenters. The Bertz CT molecular complexity index is 580. The molecular weight excluding hydrogens is 256 g/mol. The maximum atomic E-state index is 11.5. The second-order valence-electron chi connectivity index (χ2n) is 4.58. The van der Waals surface area contributed by atoms with Crippen molar-refractivity contribution in [2.24, 2.45) is 0 Å². The highest BCUT2D eigenvalue weighted by molar-refractivity contribution is 5.84. The first-order valence-electron chi connectivity index (χ1n) is 6.66. The second-order valence-corrected chi connectivity index (χ2v) is 4.58. The quantitative estimate of drug-likeness (QED) is 0.509. The van der Waals surface area contributed by atoms with Crippen molar-refractivity contribution in [2.75, 3.05) is 26.7 Å². The Morgan fingerprint density at radius 1 is 1.25 bits per heavy atom. The molecule has 0 aliphatic heterocycles. The SMILES string of the molecule is CNCCNC(=O)NCCc1c[nH]c2ccc(O)cc12. The van der Waals surface area contributed by atoms with Crippen molar-refractivity contribution in [3.8, 4) is 5.75 Å². The van der Waals surface area contributed by atoms with E-state index in [-0.39, 0.29) is 11.8 Å². The summed E-state index contributed by atoms with van der Waals surface area (Å²) in [4.78, 5) is 14.6. The lowest BCUT2D eigenvalue weighted by Gasteiger charge is -2.07. The number of aromatic amines is 1. The van der Waals surface area contributed by atoms with E-state index in [9.17, 15) is 9.90 Å². The van der Waals surface area contributed by atoms with Gasteiger partial charge in [-0.2, -0.15) is 0 Å². The first kappa shape index (κ1) is 14.2. The Balaban J connectivity index is 1.84. The molecule has 0 spiro atoms. The number of nitrogens with one attached hydrogen (secondary N) is 4. The number of carbonyl (C=O) groups excluding carboxylic acids is 1. The van der Waals surface area contributed by atoms with Crippen molar-refractivity contribution < 1.29 is 9.90 Å². The lowest BCUT2D eigenvalue weighted by Crippen LogP contribution is -2.39. The molecule has 1 heterocycles. The highest BCUT2D eigenvalue weighted by Crippen LogP contribution is 2.22. The molecule has 1 aromatic heterocycles. The summed E-state index contributed by atoms with van der Waals surface area (Å²) in [6.07, 6.45) is 2.62. The van der Waals surface area contributed by atoms with Crippen LogP contribution in [0.2, 0.25) is 0 Å². The number of H-pyrrole nitrogens is 1. The van der Waals surface area contributed by atoms with Gasteiger partial charge in [0.2, 0.25) is 0 Å². The first-order chi connectivity index (χ1) is 9.70. The number of likely N-dealkylation sites (N-methyl/N-ethyl adjacent to an activating group) is 1. The number of carbonyl (C=O) groups is 1. The molecule has 5 N–H and O–H groups in total. The normalized spacial score (nSPS) is 10.7. The molecule has 6 nitrogen and oxygen atoms in total. The van der Waals surface area contributed by atoms with Gasteiger partial charge in [0.1, 0.15) is 5.75 Å². The third kappa shape index (κ3) is 3.64. The fourth-order valence-electron chi connectivity index (χ4n) is 2.05. The van der Waals surface area contributed by atoms with Crippen LogP contribution in [0.1, 0.15) is 5.56 Å². The maximum absolute atomic E-state index is 11.5. The molecule has 2 rings (SSSR count). The topological polar surface area (TPSA) is 89.2 Å². The molecule has 0 saturated heterocycles. The number of amides is 2. The van der Waals surface area contributed by atoms with Gasteiger partial charge in [-0.15, -0.1) is 0 Å². The molecule has 0 saturated carbocycles. The molecular formula is C14H20N4O2. The molecule has 0 aliphatic carbocycles. The molecule has 1 aromatic carbocycles. The zero-order valence-corrected chi connectivity index (χ0v) is 11.5. The predicted molar refractivity (Wildman–Crippen MR) is 79.0 cm³/mol. The number of aromatic hydroxyl groups is 1. The van der Waals surface area contributed by atoms with Crippen LogP contribution in [0.3, 0.4) is 0 Å². The van der Waals surface area contributed by atoms with Crippen LogP contribution in [0.25, 0.3) is 10.9 Å². The van der Waals surface area contributed by atoms with Crippen molar-refractivity contribution in [1.29, 1.82) is 0 Å². The van der Waals surface area contributed by atoms with E-state index < -0.39 is 0 Å². The van der Waals surface area contributed by atoms with E-state index in [4.69, 9.17) is 0 Å². The number of phenols is 1. The summed E-state index contributed by atoms with van der Waals surface area (Å²) in [5, 5.41) is 19.0. The minimum atomic E-state index is -0.164. The summed E-state index contributed by atoms with van der Waals surface area (Å²) < 4.78 is 0. The molecule has 0 atom stereocenters. The number of aromatic nitrogens is 1. The zero-order chi connectivity index (χ0) is 14.4. The van der Waals surface area contributed by atoms with Gasteiger partial charge in [-0.3, -0.25) is 0 Å². The van der Waals surface area contributed by atoms with E-state index in [1.54, 1.807) is 12.1 Å². The highest BCUT2D eigenvalue weighted by Gasteiger charge is 2.05. The van der Waals surface area contributed by atoms with Gasteiger partial charge in [0, 0.05) is 36.7 Å². The van der Waals surface area contributed by atoms with Crippen LogP contribution in [0.15, 0.2) is 24.4 Å². The Morgan fingerprint density at radius 3 is 2.85 bits per heavy atom. The van der Waals surface area contributed by atoms with Crippen LogP contribution < -0.4 is 16.0 Å². The van der Waals surface area contributed by atoms with Gasteiger partial charge in [0.15, 0.2) is 0 Å². The standard InChI is InChI=1S/C14H20N4O2/c1-15-6-7-17-14(20)16-5-4-10-9-18-13-3-2-11(19)8-12(10)13/h2-3,8-9,15,18-19H,4-7H2,1H3,(H2,16,17,20). The van der Waals surface area contributed by atoms with Crippen LogP contribution in [0.5, 0.6) is 5.75 Å². The monoisotopic (exact) mass is 276 g/mol. The van der Waals surface area contributed by atoms with E-state index in [1.807, 2.05) is 19.3 Å². The summed E-state index contributed by atoms with van der Waals surface area (Å²) in [6.45, 7) is 1.90. The van der Waals surface area contributed by atoms with Crippen LogP contribution in [-0.2, 0) is 6.42 Å². The predicted octanol–water partition coefficient (Wildman–Crippen LogP) is 0.935. The van der Waals surface area contributed by atoms with E-state index in [1.165, 1.54) is 0 Å². The Labute approximate surface area is 117 Å². The molecule has 2 aromatic rings. The van der Waals surface area contributed by atoms with Gasteiger partial charge in [0.25, 0.3) is 0 Å². The van der Waals surface area contributed by atoms with Crippen molar-refractivity contribution in [3.63, 3.8) is 0 Å². The lowest BCUT2D eigenvalue weighted by molar-refractivity contribution is 0.241. The number of hydrogen-bond acceptors (Lipinski definition) is 3. The Kier molecular flexibility index (Phi) is 4.84. The molecule has 0 fully saturated rings. The van der Waals surface area contributed by atoms with Crippen molar-refractivity contribution in [3.05, 3.63) is 30.0 Å². The van der Waals surface area contributed by atoms with Gasteiger partial charge in [-0.25, -0.2) is 4.79 Å². The largest absolute Gasteiger partial charge is 0.508 e. The van der Waals surface area contributed by atoms with Crippen LogP contribution in [0.4, 0.5) is 4.79 Å². The highest BCUT2D eigenvalue weighted by atomic mass is 16.3. The molecule has 0 bridgehead atoms. The van der Waals surface area contributed by atoms with Crippen LogP contribution in [0, 0.1) is 0 Å². The number of urea groups is 1. The summed E-state index contributed by atoms with van der Waals surface area (Å²) in [7, 11) is 1.84. The van der Waals surface area contributed by atoms with Crippen LogP contribution in [-0.4, -0.2) is 42.8 Å². The number of benzene rings is 1. The van der Waals surface area contributed by atoms with Gasteiger partial charge in [-0.05, 0) is 37.2 Å². The third-order valence-electron chi connectivity index (χ3n) is 3.09. The van der Waals surface area contributed by atoms with Crippen molar-refractivity contribution in [1.82, 2.24) is 20.9 Å². The minimum absolute atomic E-state index is 0.164. The average molecular weight is 276 g/mol. The summed E-state index contributed by atoms with van der Waals surface area (Å²) in [5.41, 5.74) is 2.06. The average Bonchev–Trinajstić information content (AvgIpc) is 2.82. The zero-order valence-electron chi connectivity index (χ0n) is 11.5. The van der Waals surface area contributed by atoms with E-state index in [0.29, 0.717) is 19.5 Å². The third-order valence-corrected chi connectivity index (χ3v) is 3.09. The van der Waals surface area contributed by atoms with Gasteiger partial charge >= 0.3 is 6.03 Å². The number of fused-ring (bicyclic) bond motifs is 1. The number of rotatable bonds is 6. The molecule has 108 valence electrons. The Morgan fingerprint density at radius 2 is 2.05 bits per heavy atom. The molecule has 20 heavy (non-hydrogen) atoms. The molecule has 2 amide bonds. The minimum Gasteiger partial charge on any atom is -0.508 e. The van der Waals surface area contributed by atoms with Crippen molar-refractivity contribution >= 4 is 16.9 Å². The molecule has 6 heteroatoms. The van der Waals surface area contributed by atoms with Crippen LogP contribution >= 0.6 is 0 Å². The van der Waals surface area contributed by atoms with E-state index in [0.717, 1.165) is 23.0 Å². The van der Waals surface area contributed by atoms with E-state index >= 15 is 0 Å². The van der Waals surface area contributed by atoms with E-state index in [2.05, 4.69) is 20.9 Å². The van der Waals surface area contributed by atoms with Gasteiger partial charge in [0.05, 0.1) is 0 Å². The molecule has 0 radical (unpaired) electrons. The first-order valence-corrected chi connectivity index (χ1v) is 6.66. The van der Waals surface area contributed by atoms with Crippen molar-refractivity contribution in [2.45, 2.75) is 6.42 Å². The number of hydrogen-bond donors (Lipinski definition) is 5. The van der Waals surface area contributed by atoms with Gasteiger partial charge in [-0.1, -0.05) is 0 Å². The lowest BCUT2D eigenvalue weighted by atomic mass is 10.1. The summed E-state index contributed by atoms with van der Waals surface area (Å²) >= 11 is 0. The second kappa shape index (κ2) is 6.81. The fraction of sp³-hybridized carbons (Fsp3) is 0.357. The van der Waals surface area contributed by atoms with Gasteiger partial charge < -0.3 is 26.0 Å². The summed E-state index contributed by atoms with van der Waals surface area (Å²) in [5.74, 6) is 0.246. The Hall–Kier alpha value is -2.21. The number of phenolic OH excluding ortho intramolecular Hbond substituents is 1. The fourth-order valence-corrected chi connectivity index (χ4v) is 2.05. The molecule has 0 aliphatic rings. The maximum Gasteiger partial charge on any atom is 0.314 e. The summed E-state index contributed by atoms with van der Waals surface area (Å²) in [6, 6.07) is 5.05.